The molecule has 24 heavy (non-hydrogen) atoms. The maximum absolute atomic E-state index is 12.5. The molecule has 0 aromatic carbocycles. The molecule has 0 aliphatic carbocycles. The minimum atomic E-state index is -0.0716. The molecule has 0 saturated heterocycles. The van der Waals surface area contributed by atoms with E-state index in [0.717, 1.165) is 33.5 Å². The van der Waals surface area contributed by atoms with Crippen molar-refractivity contribution < 1.29 is 0 Å². The van der Waals surface area contributed by atoms with Crippen LogP contribution in [0.25, 0.3) is 20.7 Å². The van der Waals surface area contributed by atoms with Gasteiger partial charge in [-0.05, 0) is 25.3 Å². The molecule has 0 aliphatic rings. The molecule has 3 aromatic rings. The molecule has 0 atom stereocenters. The van der Waals surface area contributed by atoms with Crippen LogP contribution in [0.3, 0.4) is 0 Å². The lowest BCUT2D eigenvalue weighted by Gasteiger charge is -2.07. The minimum absolute atomic E-state index is 0.0716. The van der Waals surface area contributed by atoms with E-state index in [1.54, 1.807) is 23.1 Å². The summed E-state index contributed by atoms with van der Waals surface area (Å²) in [4.78, 5) is 26.4. The van der Waals surface area contributed by atoms with Gasteiger partial charge < -0.3 is 10.3 Å². The third kappa shape index (κ3) is 3.71. The standard InChI is InChI=1S/C16H18N4OS3/c1-3-17-16(18-4-2)24-9-12-19-14(21)13-10(8-23-15(13)20-12)11-6-5-7-22-11/h5-8H,3-4,9H2,1-2H3,(H,17,18)(H,19,20,21). The number of thiophene rings is 2. The Morgan fingerprint density at radius 1 is 1.42 bits per heavy atom. The molecule has 0 unspecified atom stereocenters. The highest BCUT2D eigenvalue weighted by molar-refractivity contribution is 8.13. The predicted octanol–water partition coefficient (Wildman–Crippen LogP) is 3.93. The average molecular weight is 379 g/mol. The van der Waals surface area contributed by atoms with Gasteiger partial charge in [-0.25, -0.2) is 4.98 Å². The summed E-state index contributed by atoms with van der Waals surface area (Å²) >= 11 is 4.71. The molecule has 3 heterocycles. The van der Waals surface area contributed by atoms with Crippen LogP contribution in [0.5, 0.6) is 0 Å². The van der Waals surface area contributed by atoms with Crippen LogP contribution in [-0.2, 0) is 5.75 Å². The van der Waals surface area contributed by atoms with Gasteiger partial charge in [0.05, 0.1) is 11.1 Å². The van der Waals surface area contributed by atoms with Gasteiger partial charge in [0.25, 0.3) is 5.56 Å². The van der Waals surface area contributed by atoms with Crippen molar-refractivity contribution in [2.24, 2.45) is 4.99 Å². The number of amidine groups is 1. The van der Waals surface area contributed by atoms with E-state index < -0.39 is 0 Å². The van der Waals surface area contributed by atoms with Crippen molar-refractivity contribution in [2.45, 2.75) is 19.6 Å². The number of fused-ring (bicyclic) bond motifs is 1. The Morgan fingerprint density at radius 3 is 3.00 bits per heavy atom. The maximum atomic E-state index is 12.5. The van der Waals surface area contributed by atoms with Crippen molar-refractivity contribution in [2.75, 3.05) is 13.1 Å². The SMILES string of the molecule is CCN=C(NCC)SCc1nc2scc(-c3cccs3)c2c(=O)[nH]1. The predicted molar refractivity (Wildman–Crippen MR) is 107 cm³/mol. The Hall–Kier alpha value is -1.64. The molecule has 0 fully saturated rings. The molecule has 126 valence electrons. The lowest BCUT2D eigenvalue weighted by molar-refractivity contribution is 0.963. The molecular formula is C16H18N4OS3. The van der Waals surface area contributed by atoms with Crippen LogP contribution in [0.15, 0.2) is 32.7 Å². The number of H-pyrrole nitrogens is 1. The van der Waals surface area contributed by atoms with Gasteiger partial charge >= 0.3 is 0 Å². The summed E-state index contributed by atoms with van der Waals surface area (Å²) in [6.45, 7) is 5.59. The van der Waals surface area contributed by atoms with Crippen molar-refractivity contribution >= 4 is 49.8 Å². The largest absolute Gasteiger partial charge is 0.365 e. The normalized spacial score (nSPS) is 12.0. The molecule has 5 nitrogen and oxygen atoms in total. The Bertz CT molecular complexity index is 896. The van der Waals surface area contributed by atoms with Gasteiger partial charge in [0, 0.05) is 28.9 Å². The number of thioether (sulfide) groups is 1. The second-order valence-corrected chi connectivity index (χ2v) is 7.69. The fourth-order valence-electron chi connectivity index (χ4n) is 2.26. The highest BCUT2D eigenvalue weighted by Gasteiger charge is 2.14. The van der Waals surface area contributed by atoms with Crippen molar-refractivity contribution in [3.8, 4) is 10.4 Å². The van der Waals surface area contributed by atoms with E-state index >= 15 is 0 Å². The number of nitrogens with one attached hydrogen (secondary N) is 2. The Balaban J connectivity index is 1.87. The first-order chi connectivity index (χ1) is 11.7. The number of hydrogen-bond donors (Lipinski definition) is 2. The number of rotatable bonds is 5. The number of aliphatic imine (C=N–C) groups is 1. The van der Waals surface area contributed by atoms with Gasteiger partial charge in [-0.1, -0.05) is 17.8 Å². The molecule has 3 aromatic heterocycles. The fourth-order valence-corrected chi connectivity index (χ4v) is 4.92. The van der Waals surface area contributed by atoms with Gasteiger partial charge in [-0.3, -0.25) is 9.79 Å². The molecule has 8 heteroatoms. The Kier molecular flexibility index (Phi) is 5.70. The summed E-state index contributed by atoms with van der Waals surface area (Å²) in [7, 11) is 0. The third-order valence-electron chi connectivity index (χ3n) is 3.25. The third-order valence-corrected chi connectivity index (χ3v) is 5.99. The van der Waals surface area contributed by atoms with Gasteiger partial charge in [0.15, 0.2) is 5.17 Å². The zero-order valence-corrected chi connectivity index (χ0v) is 15.9. The topological polar surface area (TPSA) is 70.1 Å². The highest BCUT2D eigenvalue weighted by atomic mass is 32.2. The summed E-state index contributed by atoms with van der Waals surface area (Å²) in [5.41, 5.74) is 0.900. The fraction of sp³-hybridized carbons (Fsp3) is 0.312. The molecule has 0 bridgehead atoms. The van der Waals surface area contributed by atoms with E-state index in [1.807, 2.05) is 36.7 Å². The highest BCUT2D eigenvalue weighted by Crippen LogP contribution is 2.33. The lowest BCUT2D eigenvalue weighted by Crippen LogP contribution is -2.20. The minimum Gasteiger partial charge on any atom is -0.365 e. The van der Waals surface area contributed by atoms with Crippen LogP contribution >= 0.6 is 34.4 Å². The van der Waals surface area contributed by atoms with E-state index in [1.165, 1.54) is 11.3 Å². The van der Waals surface area contributed by atoms with Crippen LogP contribution in [0.4, 0.5) is 0 Å². The van der Waals surface area contributed by atoms with E-state index in [9.17, 15) is 4.79 Å². The number of hydrogen-bond acceptors (Lipinski definition) is 6. The molecule has 0 saturated carbocycles. The van der Waals surface area contributed by atoms with Crippen molar-refractivity contribution in [3.05, 3.63) is 39.1 Å². The summed E-state index contributed by atoms with van der Waals surface area (Å²) in [6, 6.07) is 4.02. The van der Waals surface area contributed by atoms with Gasteiger partial charge in [-0.2, -0.15) is 0 Å². The summed E-state index contributed by atoms with van der Waals surface area (Å²) in [6.07, 6.45) is 0. The first kappa shape index (κ1) is 17.2. The zero-order valence-electron chi connectivity index (χ0n) is 13.5. The monoisotopic (exact) mass is 378 g/mol. The maximum Gasteiger partial charge on any atom is 0.260 e. The first-order valence-corrected chi connectivity index (χ1v) is 10.4. The number of aromatic nitrogens is 2. The first-order valence-electron chi connectivity index (χ1n) is 7.68. The van der Waals surface area contributed by atoms with Crippen molar-refractivity contribution in [3.63, 3.8) is 0 Å². The molecule has 0 amide bonds. The van der Waals surface area contributed by atoms with Crippen molar-refractivity contribution in [1.82, 2.24) is 15.3 Å². The summed E-state index contributed by atoms with van der Waals surface area (Å²) < 4.78 is 0. The lowest BCUT2D eigenvalue weighted by atomic mass is 10.2. The van der Waals surface area contributed by atoms with Crippen LogP contribution in [0.1, 0.15) is 19.7 Å². The van der Waals surface area contributed by atoms with Crippen molar-refractivity contribution in [1.29, 1.82) is 0 Å². The van der Waals surface area contributed by atoms with Gasteiger partial charge in [0.2, 0.25) is 0 Å². The molecule has 2 N–H and O–H groups in total. The molecular weight excluding hydrogens is 360 g/mol. The van der Waals surface area contributed by atoms with Gasteiger partial charge in [-0.15, -0.1) is 22.7 Å². The molecule has 0 spiro atoms. The second kappa shape index (κ2) is 7.96. The van der Waals surface area contributed by atoms with E-state index in [2.05, 4.69) is 20.3 Å². The van der Waals surface area contributed by atoms with Crippen LogP contribution < -0.4 is 10.9 Å². The van der Waals surface area contributed by atoms with Crippen LogP contribution in [0, 0.1) is 0 Å². The number of aromatic amines is 1. The zero-order chi connectivity index (χ0) is 16.9. The van der Waals surface area contributed by atoms with E-state index in [4.69, 9.17) is 0 Å². The number of nitrogens with zero attached hydrogens (tertiary/aromatic N) is 2. The Morgan fingerprint density at radius 2 is 2.29 bits per heavy atom. The Labute approximate surface area is 152 Å². The average Bonchev–Trinajstić information content (AvgIpc) is 3.22. The smallest absolute Gasteiger partial charge is 0.260 e. The van der Waals surface area contributed by atoms with E-state index in [-0.39, 0.29) is 5.56 Å². The molecule has 0 aliphatic heterocycles. The molecule has 3 rings (SSSR count). The quantitative estimate of drug-likeness (QED) is 0.521. The van der Waals surface area contributed by atoms with Gasteiger partial charge in [0.1, 0.15) is 10.7 Å². The van der Waals surface area contributed by atoms with E-state index in [0.29, 0.717) is 17.0 Å². The van der Waals surface area contributed by atoms with Crippen LogP contribution in [0.2, 0.25) is 0 Å². The van der Waals surface area contributed by atoms with Crippen LogP contribution in [-0.4, -0.2) is 28.2 Å². The second-order valence-electron chi connectivity index (χ2n) is 4.92. The summed E-state index contributed by atoms with van der Waals surface area (Å²) in [5, 5.41) is 8.82. The molecule has 0 radical (unpaired) electrons. The summed E-state index contributed by atoms with van der Waals surface area (Å²) in [5.74, 6) is 1.27.